The van der Waals surface area contributed by atoms with Crippen molar-refractivity contribution in [1.29, 1.82) is 0 Å². The predicted molar refractivity (Wildman–Crippen MR) is 131 cm³/mol. The monoisotopic (exact) mass is 492 g/mol. The van der Waals surface area contributed by atoms with E-state index in [1.807, 2.05) is 18.5 Å². The molecule has 180 valence electrons. The standard InChI is InChI=1S/C24H24N6O4S/c1-3-4-11-30-22(33)18-10-9-17(12-19(18)23(30)34)21(32)27-26-20(31)16-7-5-15(6-8-16)13-35-24-28-25-14-29(24)2/h5-10,12,14,33-34H,3-4,11,13H2,1-2H3. The van der Waals surface area contributed by atoms with Gasteiger partial charge in [-0.25, -0.2) is 0 Å². The number of carbonyl (C=O) groups excluding carboxylic acids is 2. The minimum absolute atomic E-state index is 0.0554. The van der Waals surface area contributed by atoms with E-state index < -0.39 is 11.8 Å². The Hall–Kier alpha value is -3.99. The highest BCUT2D eigenvalue weighted by Crippen LogP contribution is 2.37. The van der Waals surface area contributed by atoms with Gasteiger partial charge in [-0.2, -0.15) is 0 Å². The molecule has 2 N–H and O–H groups in total. The van der Waals surface area contributed by atoms with Gasteiger partial charge >= 0.3 is 0 Å². The number of aryl methyl sites for hydroxylation is 1. The van der Waals surface area contributed by atoms with E-state index in [2.05, 4.69) is 20.4 Å². The summed E-state index contributed by atoms with van der Waals surface area (Å²) in [6, 6.07) is 11.3. The van der Waals surface area contributed by atoms with E-state index in [0.717, 1.165) is 23.6 Å². The van der Waals surface area contributed by atoms with Crippen molar-refractivity contribution in [3.8, 4) is 11.8 Å². The van der Waals surface area contributed by atoms with Crippen molar-refractivity contribution < 1.29 is 19.8 Å². The van der Waals surface area contributed by atoms with Crippen LogP contribution in [-0.4, -0.2) is 41.4 Å². The molecule has 0 spiro atoms. The topological polar surface area (TPSA) is 135 Å². The number of fused-ring (bicyclic) bond motifs is 1. The summed E-state index contributed by atoms with van der Waals surface area (Å²) >= 11 is 1.52. The van der Waals surface area contributed by atoms with Crippen LogP contribution in [0, 0.1) is 0 Å². The second kappa shape index (κ2) is 10.5. The van der Waals surface area contributed by atoms with Crippen molar-refractivity contribution in [2.45, 2.75) is 37.2 Å². The number of hydrogen-bond acceptors (Lipinski definition) is 7. The third-order valence-electron chi connectivity index (χ3n) is 5.47. The fourth-order valence-corrected chi connectivity index (χ4v) is 4.32. The number of benzene rings is 2. The molecule has 4 rings (SSSR count). The Morgan fingerprint density at radius 2 is 1.63 bits per heavy atom. The highest BCUT2D eigenvalue weighted by atomic mass is 32.2. The minimum Gasteiger partial charge on any atom is -0.494 e. The lowest BCUT2D eigenvalue weighted by Crippen LogP contribution is -1.98. The Kier molecular flexibility index (Phi) is 7.25. The third-order valence-corrected chi connectivity index (χ3v) is 6.57. The Labute approximate surface area is 205 Å². The van der Waals surface area contributed by atoms with Gasteiger partial charge in [-0.1, -0.05) is 37.2 Å². The van der Waals surface area contributed by atoms with Gasteiger partial charge in [0.15, 0.2) is 5.16 Å². The van der Waals surface area contributed by atoms with Gasteiger partial charge < -0.3 is 14.8 Å². The average molecular weight is 493 g/mol. The zero-order chi connectivity index (χ0) is 24.9. The van der Waals surface area contributed by atoms with Crippen molar-refractivity contribution in [1.82, 2.24) is 19.3 Å². The van der Waals surface area contributed by atoms with E-state index in [0.29, 0.717) is 28.6 Å². The highest BCUT2D eigenvalue weighted by molar-refractivity contribution is 7.98. The lowest BCUT2D eigenvalue weighted by Gasteiger charge is -2.04. The molecule has 2 aromatic carbocycles. The Morgan fingerprint density at radius 1 is 0.971 bits per heavy atom. The number of thioether (sulfide) groups is 1. The van der Waals surface area contributed by atoms with Gasteiger partial charge in [0.05, 0.1) is 0 Å². The second-order valence-electron chi connectivity index (χ2n) is 7.93. The molecular formula is C24H24N6O4S. The number of hydrogen-bond donors (Lipinski definition) is 2. The molecule has 0 unspecified atom stereocenters. The summed E-state index contributed by atoms with van der Waals surface area (Å²) in [4.78, 5) is 24.9. The highest BCUT2D eigenvalue weighted by Gasteiger charge is 2.18. The molecule has 0 aliphatic rings. The summed E-state index contributed by atoms with van der Waals surface area (Å²) in [5, 5.41) is 37.4. The molecule has 0 radical (unpaired) electrons. The molecule has 0 fully saturated rings. The maximum atomic E-state index is 12.5. The van der Waals surface area contributed by atoms with E-state index in [-0.39, 0.29) is 17.3 Å². The fourth-order valence-electron chi connectivity index (χ4n) is 3.48. The molecule has 2 heterocycles. The molecule has 0 saturated carbocycles. The van der Waals surface area contributed by atoms with Gasteiger partial charge in [-0.15, -0.1) is 20.4 Å². The Morgan fingerprint density at radius 3 is 2.29 bits per heavy atom. The first kappa shape index (κ1) is 24.1. The third kappa shape index (κ3) is 5.24. The molecule has 0 saturated heterocycles. The lowest BCUT2D eigenvalue weighted by atomic mass is 10.1. The molecule has 0 aliphatic carbocycles. The smallest absolute Gasteiger partial charge is 0.295 e. The molecule has 10 nitrogen and oxygen atoms in total. The molecule has 0 bridgehead atoms. The number of amides is 2. The maximum Gasteiger partial charge on any atom is 0.295 e. The normalized spacial score (nSPS) is 11.5. The van der Waals surface area contributed by atoms with Crippen molar-refractivity contribution in [2.24, 2.45) is 17.3 Å². The van der Waals surface area contributed by atoms with E-state index in [4.69, 9.17) is 0 Å². The van der Waals surface area contributed by atoms with Crippen molar-refractivity contribution in [3.05, 3.63) is 65.5 Å². The van der Waals surface area contributed by atoms with E-state index >= 15 is 0 Å². The summed E-state index contributed by atoms with van der Waals surface area (Å²) in [5.74, 6) is -0.881. The van der Waals surface area contributed by atoms with Crippen LogP contribution in [-0.2, 0) is 19.3 Å². The van der Waals surface area contributed by atoms with Crippen LogP contribution in [0.15, 0.2) is 64.2 Å². The van der Waals surface area contributed by atoms with Gasteiger partial charge in [0, 0.05) is 41.2 Å². The summed E-state index contributed by atoms with van der Waals surface area (Å²) < 4.78 is 3.23. The van der Waals surface area contributed by atoms with E-state index in [1.54, 1.807) is 30.6 Å². The minimum atomic E-state index is -0.725. The molecule has 4 aromatic rings. The summed E-state index contributed by atoms with van der Waals surface area (Å²) in [6.45, 7) is 2.47. The van der Waals surface area contributed by atoms with Crippen LogP contribution in [0.1, 0.15) is 46.0 Å². The van der Waals surface area contributed by atoms with Gasteiger partial charge in [-0.05, 0) is 42.3 Å². The molecule has 0 aliphatic heterocycles. The van der Waals surface area contributed by atoms with Crippen LogP contribution in [0.25, 0.3) is 10.8 Å². The van der Waals surface area contributed by atoms with Gasteiger partial charge in [0.25, 0.3) is 11.8 Å². The number of carbonyl (C=O) groups is 2. The van der Waals surface area contributed by atoms with Crippen LogP contribution >= 0.6 is 11.8 Å². The van der Waals surface area contributed by atoms with Crippen LogP contribution in [0.3, 0.4) is 0 Å². The molecule has 2 aromatic heterocycles. The van der Waals surface area contributed by atoms with Gasteiger partial charge in [0.1, 0.15) is 6.33 Å². The largest absolute Gasteiger partial charge is 0.494 e. The number of rotatable bonds is 8. The van der Waals surface area contributed by atoms with Crippen molar-refractivity contribution in [3.63, 3.8) is 0 Å². The Bertz CT molecular complexity index is 1410. The Balaban J connectivity index is 1.42. The van der Waals surface area contributed by atoms with Crippen molar-refractivity contribution in [2.75, 3.05) is 0 Å². The average Bonchev–Trinajstić information content (AvgIpc) is 3.39. The molecule has 35 heavy (non-hydrogen) atoms. The SMILES string of the molecule is CCCCn1c(O)c2ccc(C(=O)N=NC(=O)c3ccc(CSc4nncn4C)cc3)cc2c1O. The summed E-state index contributed by atoms with van der Waals surface area (Å²) in [7, 11) is 1.87. The van der Waals surface area contributed by atoms with Crippen LogP contribution in [0.4, 0.5) is 0 Å². The van der Waals surface area contributed by atoms with Gasteiger partial charge in [0.2, 0.25) is 11.8 Å². The maximum absolute atomic E-state index is 12.5. The number of nitrogens with zero attached hydrogens (tertiary/aromatic N) is 6. The van der Waals surface area contributed by atoms with E-state index in [9.17, 15) is 19.8 Å². The molecule has 11 heteroatoms. The first-order valence-corrected chi connectivity index (χ1v) is 12.0. The van der Waals surface area contributed by atoms with Crippen LogP contribution in [0.2, 0.25) is 0 Å². The number of azo groups is 1. The molecule has 0 atom stereocenters. The first-order valence-electron chi connectivity index (χ1n) is 11.0. The number of aromatic hydroxyl groups is 2. The van der Waals surface area contributed by atoms with Crippen LogP contribution < -0.4 is 0 Å². The van der Waals surface area contributed by atoms with E-state index in [1.165, 1.54) is 34.5 Å². The van der Waals surface area contributed by atoms with Crippen molar-refractivity contribution >= 4 is 34.3 Å². The quantitative estimate of drug-likeness (QED) is 0.269. The molecule has 2 amide bonds. The predicted octanol–water partition coefficient (Wildman–Crippen LogP) is 4.71. The zero-order valence-corrected chi connectivity index (χ0v) is 20.1. The number of aromatic nitrogens is 4. The second-order valence-corrected chi connectivity index (χ2v) is 8.88. The van der Waals surface area contributed by atoms with Crippen LogP contribution in [0.5, 0.6) is 11.8 Å². The molecular weight excluding hydrogens is 468 g/mol. The zero-order valence-electron chi connectivity index (χ0n) is 19.2. The number of unbranched alkanes of at least 4 members (excludes halogenated alkanes) is 1. The first-order chi connectivity index (χ1) is 16.9. The lowest BCUT2D eigenvalue weighted by molar-refractivity contribution is 0.0947. The summed E-state index contributed by atoms with van der Waals surface area (Å²) in [6.07, 6.45) is 3.31. The fraction of sp³-hybridized carbons (Fsp3) is 0.250. The summed E-state index contributed by atoms with van der Waals surface area (Å²) in [5.41, 5.74) is 1.44. The van der Waals surface area contributed by atoms with Gasteiger partial charge in [-0.3, -0.25) is 14.2 Å².